The van der Waals surface area contributed by atoms with Crippen molar-refractivity contribution in [2.45, 2.75) is 48.4 Å². The van der Waals surface area contributed by atoms with E-state index < -0.39 is 22.6 Å². The summed E-state index contributed by atoms with van der Waals surface area (Å²) >= 11 is 1.60. The molecule has 44 heavy (non-hydrogen) atoms. The fraction of sp³-hybridized carbons (Fsp3) is 0.424. The Labute approximate surface area is 260 Å². The van der Waals surface area contributed by atoms with Crippen LogP contribution in [0, 0.1) is 11.8 Å². The molecular weight excluding hydrogens is 576 g/mol. The molecule has 3 aromatic rings. The smallest absolute Gasteiger partial charge is 0.248 e. The van der Waals surface area contributed by atoms with Gasteiger partial charge in [-0.1, -0.05) is 72.7 Å². The Morgan fingerprint density at radius 2 is 1.68 bits per heavy atom. The maximum Gasteiger partial charge on any atom is 0.248 e. The highest BCUT2D eigenvalue weighted by Crippen LogP contribution is 2.61. The Bertz CT molecular complexity index is 1620. The van der Waals surface area contributed by atoms with Crippen molar-refractivity contribution in [3.63, 3.8) is 0 Å². The highest BCUT2D eigenvalue weighted by molar-refractivity contribution is 8.02. The molecular formula is C33H36N6O4S. The number of benzene rings is 2. The standard InChI is InChI=1S/C33H36N6O4S/c40-21-9-2-1-8-19-38-29-32(43)36(22-39-25-15-7-6-14-24(25)34-35-39)18-11-17-33(29)28(31(38)42)27-26(44-33)16-10-20-37(30(27)41)23-12-4-3-5-13-23/h3-7,10-17,26-29,40H,1-2,8-9,18-22H2/t26-,27+,28-,29?,33-/m0/s1. The number of hydrogen-bond acceptors (Lipinski definition) is 7. The van der Waals surface area contributed by atoms with Gasteiger partial charge in [-0.3, -0.25) is 14.4 Å². The van der Waals surface area contributed by atoms with Gasteiger partial charge < -0.3 is 19.8 Å². The maximum absolute atomic E-state index is 14.6. The molecule has 2 fully saturated rings. The van der Waals surface area contributed by atoms with Gasteiger partial charge in [0.1, 0.15) is 18.2 Å². The molecule has 2 saturated heterocycles. The van der Waals surface area contributed by atoms with Crippen LogP contribution in [0.1, 0.15) is 25.7 Å². The van der Waals surface area contributed by atoms with Gasteiger partial charge in [-0.25, -0.2) is 4.68 Å². The molecule has 1 N–H and O–H groups in total. The van der Waals surface area contributed by atoms with E-state index in [9.17, 15) is 19.5 Å². The molecule has 1 unspecified atom stereocenters. The van der Waals surface area contributed by atoms with E-state index in [1.54, 1.807) is 31.1 Å². The number of amides is 3. The van der Waals surface area contributed by atoms with Gasteiger partial charge in [0.15, 0.2) is 0 Å². The van der Waals surface area contributed by atoms with E-state index in [-0.39, 0.29) is 36.2 Å². The zero-order chi connectivity index (χ0) is 30.3. The quantitative estimate of drug-likeness (QED) is 0.292. The van der Waals surface area contributed by atoms with Gasteiger partial charge in [0.2, 0.25) is 17.7 Å². The molecule has 10 nitrogen and oxygen atoms in total. The van der Waals surface area contributed by atoms with Crippen LogP contribution in [0.4, 0.5) is 5.69 Å². The molecule has 0 bridgehead atoms. The average Bonchev–Trinajstić information content (AvgIpc) is 3.59. The number of unbranched alkanes of at least 4 members (excludes halogenated alkanes) is 3. The van der Waals surface area contributed by atoms with Gasteiger partial charge in [0.25, 0.3) is 0 Å². The largest absolute Gasteiger partial charge is 0.396 e. The number of rotatable bonds is 9. The number of carbonyl (C=O) groups excluding carboxylic acids is 3. The minimum atomic E-state index is -0.868. The first kappa shape index (κ1) is 28.8. The molecule has 0 radical (unpaired) electrons. The minimum absolute atomic E-state index is 0.0755. The van der Waals surface area contributed by atoms with E-state index in [1.165, 1.54) is 0 Å². The van der Waals surface area contributed by atoms with Crippen LogP contribution >= 0.6 is 11.8 Å². The number of nitrogens with zero attached hydrogens (tertiary/aromatic N) is 6. The van der Waals surface area contributed by atoms with E-state index in [0.29, 0.717) is 26.1 Å². The summed E-state index contributed by atoms with van der Waals surface area (Å²) in [5.74, 6) is -1.58. The summed E-state index contributed by atoms with van der Waals surface area (Å²) in [6, 6.07) is 16.5. The van der Waals surface area contributed by atoms with Gasteiger partial charge in [-0.05, 0) is 37.1 Å². The summed E-state index contributed by atoms with van der Waals surface area (Å²) in [6.45, 7) is 1.58. The van der Waals surface area contributed by atoms with E-state index >= 15 is 0 Å². The molecule has 1 aromatic heterocycles. The molecule has 0 aliphatic carbocycles. The Kier molecular flexibility index (Phi) is 7.75. The molecule has 4 aliphatic rings. The van der Waals surface area contributed by atoms with E-state index in [2.05, 4.69) is 22.5 Å². The van der Waals surface area contributed by atoms with Crippen molar-refractivity contribution >= 4 is 46.2 Å². The van der Waals surface area contributed by atoms with Crippen molar-refractivity contribution in [3.05, 3.63) is 78.9 Å². The molecule has 5 atom stereocenters. The maximum atomic E-state index is 14.6. The summed E-state index contributed by atoms with van der Waals surface area (Å²) in [6.07, 6.45) is 11.2. The molecule has 228 valence electrons. The van der Waals surface area contributed by atoms with Crippen molar-refractivity contribution in [2.75, 3.05) is 31.1 Å². The molecule has 3 amide bonds. The lowest BCUT2D eigenvalue weighted by atomic mass is 9.78. The summed E-state index contributed by atoms with van der Waals surface area (Å²) in [4.78, 5) is 48.8. The molecule has 0 saturated carbocycles. The second-order valence-electron chi connectivity index (χ2n) is 11.9. The molecule has 4 aliphatic heterocycles. The first-order chi connectivity index (χ1) is 21.5. The van der Waals surface area contributed by atoms with E-state index in [0.717, 1.165) is 36.0 Å². The number of para-hydroxylation sites is 2. The van der Waals surface area contributed by atoms with Crippen LogP contribution < -0.4 is 4.90 Å². The van der Waals surface area contributed by atoms with Crippen molar-refractivity contribution in [2.24, 2.45) is 11.8 Å². The monoisotopic (exact) mass is 612 g/mol. The van der Waals surface area contributed by atoms with Crippen LogP contribution in [-0.2, 0) is 21.1 Å². The molecule has 2 aromatic carbocycles. The minimum Gasteiger partial charge on any atom is -0.396 e. The Morgan fingerprint density at radius 1 is 0.886 bits per heavy atom. The molecule has 5 heterocycles. The van der Waals surface area contributed by atoms with Crippen LogP contribution in [0.5, 0.6) is 0 Å². The van der Waals surface area contributed by atoms with Crippen molar-refractivity contribution in [1.29, 1.82) is 0 Å². The lowest BCUT2D eigenvalue weighted by molar-refractivity contribution is -0.143. The van der Waals surface area contributed by atoms with Crippen LogP contribution in [0.3, 0.4) is 0 Å². The number of anilines is 1. The predicted octanol–water partition coefficient (Wildman–Crippen LogP) is 3.24. The summed E-state index contributed by atoms with van der Waals surface area (Å²) < 4.78 is 0.857. The first-order valence-electron chi connectivity index (χ1n) is 15.4. The second-order valence-corrected chi connectivity index (χ2v) is 13.4. The number of thioether (sulfide) groups is 1. The van der Waals surface area contributed by atoms with Gasteiger partial charge in [0, 0.05) is 37.2 Å². The van der Waals surface area contributed by atoms with Crippen molar-refractivity contribution < 1.29 is 19.5 Å². The normalized spacial score (nSPS) is 27.9. The number of aliphatic hydroxyl groups excluding tert-OH is 1. The number of carbonyl (C=O) groups is 3. The Balaban J connectivity index is 1.24. The van der Waals surface area contributed by atoms with Crippen LogP contribution in [0.25, 0.3) is 11.0 Å². The number of hydrogen-bond donors (Lipinski definition) is 1. The average molecular weight is 613 g/mol. The second kappa shape index (κ2) is 11.9. The predicted molar refractivity (Wildman–Crippen MR) is 168 cm³/mol. The van der Waals surface area contributed by atoms with E-state index in [1.807, 2.05) is 66.7 Å². The van der Waals surface area contributed by atoms with Crippen molar-refractivity contribution in [1.82, 2.24) is 24.8 Å². The molecule has 7 rings (SSSR count). The van der Waals surface area contributed by atoms with Crippen LogP contribution in [0.15, 0.2) is 78.9 Å². The number of likely N-dealkylation sites (tertiary alicyclic amines) is 1. The lowest BCUT2D eigenvalue weighted by Crippen LogP contribution is -2.53. The third-order valence-corrected chi connectivity index (χ3v) is 11.1. The Morgan fingerprint density at radius 3 is 2.52 bits per heavy atom. The first-order valence-corrected chi connectivity index (χ1v) is 16.3. The third kappa shape index (κ3) is 4.73. The molecule has 11 heteroatoms. The fourth-order valence-corrected chi connectivity index (χ4v) is 9.33. The highest BCUT2D eigenvalue weighted by atomic mass is 32.2. The lowest BCUT2D eigenvalue weighted by Gasteiger charge is -2.35. The molecule has 1 spiro atoms. The fourth-order valence-electron chi connectivity index (χ4n) is 7.32. The highest BCUT2D eigenvalue weighted by Gasteiger charge is 2.71. The third-order valence-electron chi connectivity index (χ3n) is 9.34. The zero-order valence-corrected chi connectivity index (χ0v) is 25.3. The number of aliphatic hydroxyl groups is 1. The summed E-state index contributed by atoms with van der Waals surface area (Å²) in [5.41, 5.74) is 2.39. The van der Waals surface area contributed by atoms with E-state index in [4.69, 9.17) is 0 Å². The van der Waals surface area contributed by atoms with Crippen molar-refractivity contribution in [3.8, 4) is 0 Å². The number of aromatic nitrogens is 3. The number of fused-ring (bicyclic) bond motifs is 3. The summed E-state index contributed by atoms with van der Waals surface area (Å²) in [5, 5.41) is 17.6. The summed E-state index contributed by atoms with van der Waals surface area (Å²) in [7, 11) is 0. The van der Waals surface area contributed by atoms with Gasteiger partial charge in [-0.2, -0.15) is 0 Å². The SMILES string of the molecule is O=C1C2N(CCCCCCO)C(=O)[C@@H]3[C@@H]4C(=O)N(c5ccccc5)CC=C[C@@H]4S[C@]23C=CCN1Cn1nnc2ccccc21. The van der Waals surface area contributed by atoms with Gasteiger partial charge >= 0.3 is 0 Å². The van der Waals surface area contributed by atoms with Crippen LogP contribution in [0.2, 0.25) is 0 Å². The van der Waals surface area contributed by atoms with Crippen LogP contribution in [-0.4, -0.2) is 89.9 Å². The zero-order valence-electron chi connectivity index (χ0n) is 24.4. The van der Waals surface area contributed by atoms with Gasteiger partial charge in [-0.15, -0.1) is 16.9 Å². The Hall–Kier alpha value is -3.96. The topological polar surface area (TPSA) is 112 Å². The van der Waals surface area contributed by atoms with Gasteiger partial charge in [0.05, 0.1) is 22.1 Å².